The predicted octanol–water partition coefficient (Wildman–Crippen LogP) is 4.00. The lowest BCUT2D eigenvalue weighted by molar-refractivity contribution is -0.117. The number of rotatable bonds is 6. The number of methoxy groups -OCH3 is 1. The van der Waals surface area contributed by atoms with Crippen molar-refractivity contribution in [2.75, 3.05) is 7.11 Å². The molecule has 3 N–H and O–H groups in total. The van der Waals surface area contributed by atoms with Crippen molar-refractivity contribution in [1.82, 2.24) is 4.98 Å². The van der Waals surface area contributed by atoms with Crippen LogP contribution in [0.1, 0.15) is 42.5 Å². The van der Waals surface area contributed by atoms with Gasteiger partial charge < -0.3 is 9.84 Å². The predicted molar refractivity (Wildman–Crippen MR) is 130 cm³/mol. The summed E-state index contributed by atoms with van der Waals surface area (Å²) in [7, 11) is -1.86. The summed E-state index contributed by atoms with van der Waals surface area (Å²) in [6.45, 7) is 3.26. The number of fused-ring (bicyclic) bond motifs is 1. The minimum atomic E-state index is -3.42. The number of carbonyl (C=O) groups is 1. The number of aliphatic hydroxyl groups is 1. The Labute approximate surface area is 198 Å². The molecule has 9 heteroatoms. The van der Waals surface area contributed by atoms with Crippen molar-refractivity contribution in [3.05, 3.63) is 64.2 Å². The number of hydrogen-bond donors (Lipinski definition) is 2. The van der Waals surface area contributed by atoms with Gasteiger partial charge in [-0.1, -0.05) is 12.1 Å². The van der Waals surface area contributed by atoms with Crippen LogP contribution in [0.3, 0.4) is 0 Å². The highest BCUT2D eigenvalue weighted by molar-refractivity contribution is 7.93. The summed E-state index contributed by atoms with van der Waals surface area (Å²) in [5.41, 5.74) is 4.53. The Bertz CT molecular complexity index is 1330. The largest absolute Gasteiger partial charge is 0.481 e. The summed E-state index contributed by atoms with van der Waals surface area (Å²) >= 11 is 1.13. The van der Waals surface area contributed by atoms with Gasteiger partial charge in [0.2, 0.25) is 5.88 Å². The van der Waals surface area contributed by atoms with Crippen molar-refractivity contribution in [3.63, 3.8) is 0 Å². The van der Waals surface area contributed by atoms with Crippen LogP contribution in [0.25, 0.3) is 11.1 Å². The van der Waals surface area contributed by atoms with Gasteiger partial charge in [0.15, 0.2) is 9.92 Å². The maximum Gasteiger partial charge on any atom is 0.259 e. The number of nitrogens with zero attached hydrogens (tertiary/aromatic N) is 2. The molecule has 0 fully saturated rings. The zero-order chi connectivity index (χ0) is 23.8. The van der Waals surface area contributed by atoms with Crippen LogP contribution in [0.4, 0.5) is 0 Å². The van der Waals surface area contributed by atoms with Crippen molar-refractivity contribution in [3.8, 4) is 17.0 Å². The van der Waals surface area contributed by atoms with Crippen LogP contribution in [0.5, 0.6) is 5.88 Å². The molecule has 1 atom stereocenters. The standard InChI is InChI=1S/C24H27N3O4S2/c1-24(2,29)17-12-23(32-14-17)33(25,30)27-21(28)13-20-18-6-4-5-15(18)7-8-19(20)16-9-10-26-22(11-16)31-3/h7-12,14,29H,4-6,13H2,1-3H3,(H2,25,27,28,30). The molecule has 1 aliphatic rings. The van der Waals surface area contributed by atoms with Gasteiger partial charge in [0.05, 0.1) is 19.1 Å². The Morgan fingerprint density at radius 1 is 1.30 bits per heavy atom. The second kappa shape index (κ2) is 8.98. The Morgan fingerprint density at radius 3 is 2.79 bits per heavy atom. The number of carbonyl (C=O) groups excluding carboxylic acids is 1. The minimum absolute atomic E-state index is 0.00105. The monoisotopic (exact) mass is 485 g/mol. The topological polar surface area (TPSA) is 115 Å². The van der Waals surface area contributed by atoms with E-state index in [1.165, 1.54) is 5.56 Å². The third-order valence-electron chi connectivity index (χ3n) is 5.79. The van der Waals surface area contributed by atoms with Crippen molar-refractivity contribution < 1.29 is 18.8 Å². The first-order valence-electron chi connectivity index (χ1n) is 10.6. The highest BCUT2D eigenvalue weighted by Gasteiger charge is 2.23. The fourth-order valence-corrected chi connectivity index (χ4v) is 6.43. The van der Waals surface area contributed by atoms with E-state index in [0.29, 0.717) is 11.4 Å². The van der Waals surface area contributed by atoms with Crippen molar-refractivity contribution >= 4 is 27.2 Å². The van der Waals surface area contributed by atoms with Gasteiger partial charge in [-0.05, 0) is 84.0 Å². The van der Waals surface area contributed by atoms with Gasteiger partial charge in [0, 0.05) is 12.3 Å². The molecule has 1 aliphatic carbocycles. The zero-order valence-corrected chi connectivity index (χ0v) is 20.5. The molecule has 7 nitrogen and oxygen atoms in total. The second-order valence-corrected chi connectivity index (χ2v) is 11.5. The number of thiophene rings is 1. The third kappa shape index (κ3) is 5.01. The minimum Gasteiger partial charge on any atom is -0.481 e. The van der Waals surface area contributed by atoms with Crippen LogP contribution in [0.15, 0.2) is 50.5 Å². The fourth-order valence-electron chi connectivity index (χ4n) is 4.07. The molecule has 0 radical (unpaired) electrons. The zero-order valence-electron chi connectivity index (χ0n) is 18.8. The number of nitrogens with two attached hydrogens (primary N) is 1. The molecule has 0 saturated carbocycles. The summed E-state index contributed by atoms with van der Waals surface area (Å²) in [6, 6.07) is 9.37. The number of amides is 1. The fraction of sp³-hybridized carbons (Fsp3) is 0.333. The maximum atomic E-state index is 13.1. The molecule has 2 heterocycles. The SMILES string of the molecule is COc1cc(-c2ccc3c(c2CC(=O)N=S(N)(=O)c2cc(C(C)(C)O)cs2)CCC3)ccn1. The van der Waals surface area contributed by atoms with E-state index < -0.39 is 21.4 Å². The van der Waals surface area contributed by atoms with Crippen molar-refractivity contribution in [1.29, 1.82) is 0 Å². The van der Waals surface area contributed by atoms with Gasteiger partial charge in [0.1, 0.15) is 4.21 Å². The number of aromatic nitrogens is 1. The first-order chi connectivity index (χ1) is 15.6. The summed E-state index contributed by atoms with van der Waals surface area (Å²) in [6.07, 6.45) is 4.55. The van der Waals surface area contributed by atoms with E-state index in [9.17, 15) is 14.1 Å². The number of ether oxygens (including phenoxy) is 1. The number of aryl methyl sites for hydroxylation is 1. The van der Waals surface area contributed by atoms with Gasteiger partial charge in [0.25, 0.3) is 5.91 Å². The Kier molecular flexibility index (Phi) is 6.41. The van der Waals surface area contributed by atoms with Crippen molar-refractivity contribution in [2.45, 2.75) is 49.3 Å². The highest BCUT2D eigenvalue weighted by Crippen LogP contribution is 2.35. The summed E-state index contributed by atoms with van der Waals surface area (Å²) in [5.74, 6) is -0.0523. The highest BCUT2D eigenvalue weighted by atomic mass is 32.2. The Balaban J connectivity index is 1.71. The van der Waals surface area contributed by atoms with Gasteiger partial charge in [-0.2, -0.15) is 0 Å². The molecule has 0 bridgehead atoms. The number of benzene rings is 1. The lowest BCUT2D eigenvalue weighted by Crippen LogP contribution is -2.16. The van der Waals surface area contributed by atoms with Crippen LogP contribution < -0.4 is 9.88 Å². The quantitative estimate of drug-likeness (QED) is 0.548. The smallest absolute Gasteiger partial charge is 0.259 e. The molecule has 3 aromatic rings. The molecule has 4 rings (SSSR count). The van der Waals surface area contributed by atoms with Crippen LogP contribution in [-0.2, 0) is 39.6 Å². The van der Waals surface area contributed by atoms with E-state index in [2.05, 4.69) is 15.4 Å². The van der Waals surface area contributed by atoms with E-state index in [-0.39, 0.29) is 10.6 Å². The number of hydrogen-bond acceptors (Lipinski definition) is 6. The molecule has 1 aromatic carbocycles. The molecule has 174 valence electrons. The van der Waals surface area contributed by atoms with Gasteiger partial charge in [-0.15, -0.1) is 15.7 Å². The van der Waals surface area contributed by atoms with Gasteiger partial charge in [-0.3, -0.25) is 4.79 Å². The van der Waals surface area contributed by atoms with Crippen LogP contribution in [0.2, 0.25) is 0 Å². The molecule has 0 saturated heterocycles. The second-order valence-electron chi connectivity index (χ2n) is 8.61. The third-order valence-corrected chi connectivity index (χ3v) is 8.69. The summed E-state index contributed by atoms with van der Waals surface area (Å²) in [4.78, 5) is 17.2. The molecule has 0 aliphatic heterocycles. The van der Waals surface area contributed by atoms with Crippen LogP contribution in [0, 0.1) is 0 Å². The van der Waals surface area contributed by atoms with Crippen LogP contribution in [-0.4, -0.2) is 27.3 Å². The molecule has 33 heavy (non-hydrogen) atoms. The van der Waals surface area contributed by atoms with Gasteiger partial charge >= 0.3 is 0 Å². The summed E-state index contributed by atoms with van der Waals surface area (Å²) in [5, 5.41) is 17.8. The first kappa shape index (κ1) is 23.6. The molecular weight excluding hydrogens is 458 g/mol. The molecule has 1 amide bonds. The van der Waals surface area contributed by atoms with E-state index in [0.717, 1.165) is 52.9 Å². The Hall–Kier alpha value is -2.59. The van der Waals surface area contributed by atoms with E-state index >= 15 is 0 Å². The average molecular weight is 486 g/mol. The maximum absolute atomic E-state index is 13.1. The molecular formula is C24H27N3O4S2. The molecule has 2 aromatic heterocycles. The van der Waals surface area contributed by atoms with Crippen LogP contribution >= 0.6 is 11.3 Å². The lowest BCUT2D eigenvalue weighted by atomic mass is 9.91. The average Bonchev–Trinajstić information content (AvgIpc) is 3.43. The van der Waals surface area contributed by atoms with Gasteiger partial charge in [-0.25, -0.2) is 14.3 Å². The Morgan fingerprint density at radius 2 is 2.09 bits per heavy atom. The molecule has 0 spiro atoms. The van der Waals surface area contributed by atoms with Crippen molar-refractivity contribution in [2.24, 2.45) is 9.50 Å². The van der Waals surface area contributed by atoms with E-state index in [1.54, 1.807) is 38.6 Å². The number of pyridine rings is 1. The van der Waals surface area contributed by atoms with E-state index in [4.69, 9.17) is 9.88 Å². The lowest BCUT2D eigenvalue weighted by Gasteiger charge is -2.15. The van der Waals surface area contributed by atoms with E-state index in [1.807, 2.05) is 18.2 Å². The first-order valence-corrected chi connectivity index (χ1v) is 13.1. The summed E-state index contributed by atoms with van der Waals surface area (Å²) < 4.78 is 22.5. The normalized spacial score (nSPS) is 15.1. The molecule has 1 unspecified atom stereocenters.